The van der Waals surface area contributed by atoms with E-state index in [1.807, 2.05) is 6.92 Å². The third-order valence-corrected chi connectivity index (χ3v) is 2.46. The number of hydrogen-bond donors (Lipinski definition) is 1. The van der Waals surface area contributed by atoms with Crippen LogP contribution in [0.4, 0.5) is 0 Å². The highest BCUT2D eigenvalue weighted by molar-refractivity contribution is 6.31. The summed E-state index contributed by atoms with van der Waals surface area (Å²) in [7, 11) is 0. The third kappa shape index (κ3) is 3.03. The number of ether oxygens (including phenoxy) is 2. The highest BCUT2D eigenvalue weighted by Crippen LogP contribution is 2.16. The number of hydrogen-bond acceptors (Lipinski definition) is 6. The Morgan fingerprint density at radius 3 is 2.50 bits per heavy atom. The zero-order valence-electron chi connectivity index (χ0n) is 9.32. The van der Waals surface area contributed by atoms with Crippen LogP contribution < -0.4 is 5.32 Å². The van der Waals surface area contributed by atoms with E-state index < -0.39 is 17.9 Å². The van der Waals surface area contributed by atoms with E-state index >= 15 is 0 Å². The van der Waals surface area contributed by atoms with Gasteiger partial charge in [0.05, 0.1) is 12.5 Å². The SMILES string of the molecule is CCOC(=O)C(=O)OC(=O)C1CCNC1C. The van der Waals surface area contributed by atoms with Gasteiger partial charge in [-0.25, -0.2) is 9.59 Å². The van der Waals surface area contributed by atoms with Crippen molar-refractivity contribution in [3.05, 3.63) is 0 Å². The van der Waals surface area contributed by atoms with Gasteiger partial charge < -0.3 is 14.8 Å². The predicted molar refractivity (Wildman–Crippen MR) is 53.3 cm³/mol. The predicted octanol–water partition coefficient (Wildman–Crippen LogP) is -0.383. The monoisotopic (exact) mass is 229 g/mol. The van der Waals surface area contributed by atoms with Gasteiger partial charge in [-0.15, -0.1) is 0 Å². The summed E-state index contributed by atoms with van der Waals surface area (Å²) in [5.74, 6) is -3.42. The topological polar surface area (TPSA) is 81.7 Å². The second-order valence-corrected chi connectivity index (χ2v) is 3.57. The van der Waals surface area contributed by atoms with E-state index in [1.54, 1.807) is 6.92 Å². The Morgan fingerprint density at radius 1 is 1.31 bits per heavy atom. The molecule has 16 heavy (non-hydrogen) atoms. The molecule has 0 radical (unpaired) electrons. The first-order valence-corrected chi connectivity index (χ1v) is 5.22. The van der Waals surface area contributed by atoms with E-state index in [4.69, 9.17) is 0 Å². The first-order valence-electron chi connectivity index (χ1n) is 5.22. The van der Waals surface area contributed by atoms with E-state index in [0.29, 0.717) is 13.0 Å². The number of esters is 3. The molecule has 1 rings (SSSR count). The van der Waals surface area contributed by atoms with Gasteiger partial charge in [-0.05, 0) is 26.8 Å². The highest BCUT2D eigenvalue weighted by Gasteiger charge is 2.33. The van der Waals surface area contributed by atoms with Crippen molar-refractivity contribution in [2.75, 3.05) is 13.2 Å². The molecule has 6 nitrogen and oxygen atoms in total. The van der Waals surface area contributed by atoms with E-state index in [1.165, 1.54) is 0 Å². The first-order chi connectivity index (χ1) is 7.56. The highest BCUT2D eigenvalue weighted by atomic mass is 16.6. The molecule has 2 unspecified atom stereocenters. The largest absolute Gasteiger partial charge is 0.458 e. The molecule has 90 valence electrons. The maximum atomic E-state index is 11.5. The van der Waals surface area contributed by atoms with Crippen LogP contribution in [0.2, 0.25) is 0 Å². The Bertz CT molecular complexity index is 302. The number of carbonyl (C=O) groups is 3. The van der Waals surface area contributed by atoms with Gasteiger partial charge in [0.2, 0.25) is 0 Å². The fourth-order valence-corrected chi connectivity index (χ4v) is 1.58. The molecule has 1 N–H and O–H groups in total. The Labute approximate surface area is 93.3 Å². The lowest BCUT2D eigenvalue weighted by molar-refractivity contribution is -0.175. The Hall–Kier alpha value is -1.43. The van der Waals surface area contributed by atoms with Crippen LogP contribution in [-0.4, -0.2) is 37.1 Å². The third-order valence-electron chi connectivity index (χ3n) is 2.46. The minimum absolute atomic E-state index is 0.0394. The molecule has 0 aliphatic carbocycles. The Kier molecular flexibility index (Phi) is 4.42. The zero-order chi connectivity index (χ0) is 12.1. The second kappa shape index (κ2) is 5.60. The summed E-state index contributed by atoms with van der Waals surface area (Å²) >= 11 is 0. The maximum Gasteiger partial charge on any atom is 0.425 e. The van der Waals surface area contributed by atoms with Crippen molar-refractivity contribution in [1.29, 1.82) is 0 Å². The molecule has 6 heteroatoms. The van der Waals surface area contributed by atoms with Crippen LogP contribution in [0.1, 0.15) is 20.3 Å². The van der Waals surface area contributed by atoms with Gasteiger partial charge in [0, 0.05) is 6.04 Å². The summed E-state index contributed by atoms with van der Waals surface area (Å²) in [6.45, 7) is 4.17. The van der Waals surface area contributed by atoms with E-state index in [2.05, 4.69) is 14.8 Å². The Morgan fingerprint density at radius 2 is 2.00 bits per heavy atom. The molecule has 1 aliphatic heterocycles. The molecular formula is C10H15NO5. The first kappa shape index (κ1) is 12.6. The summed E-state index contributed by atoms with van der Waals surface area (Å²) in [5, 5.41) is 3.05. The van der Waals surface area contributed by atoms with Gasteiger partial charge in [0.25, 0.3) is 0 Å². The maximum absolute atomic E-state index is 11.5. The molecule has 0 aromatic rings. The van der Waals surface area contributed by atoms with Crippen molar-refractivity contribution in [2.45, 2.75) is 26.3 Å². The molecule has 1 aliphatic rings. The van der Waals surface area contributed by atoms with Crippen molar-refractivity contribution in [1.82, 2.24) is 5.32 Å². The standard InChI is InChI=1S/C10H15NO5/c1-3-15-9(13)10(14)16-8(12)7-4-5-11-6(7)2/h6-7,11H,3-5H2,1-2H3. The summed E-state index contributed by atoms with van der Waals surface area (Å²) in [4.78, 5) is 33.5. The van der Waals surface area contributed by atoms with Crippen LogP contribution in [0.5, 0.6) is 0 Å². The minimum atomic E-state index is -1.24. The van der Waals surface area contributed by atoms with E-state index in [0.717, 1.165) is 0 Å². The number of carbonyl (C=O) groups excluding carboxylic acids is 3. The second-order valence-electron chi connectivity index (χ2n) is 3.57. The molecule has 1 saturated heterocycles. The van der Waals surface area contributed by atoms with Crippen molar-refractivity contribution in [3.63, 3.8) is 0 Å². The van der Waals surface area contributed by atoms with Gasteiger partial charge in [-0.2, -0.15) is 0 Å². The smallest absolute Gasteiger partial charge is 0.425 e. The summed E-state index contributed by atoms with van der Waals surface area (Å²) in [5.41, 5.74) is 0. The van der Waals surface area contributed by atoms with Crippen molar-refractivity contribution in [3.8, 4) is 0 Å². The van der Waals surface area contributed by atoms with Gasteiger partial charge >= 0.3 is 17.9 Å². The average Bonchev–Trinajstić information content (AvgIpc) is 2.64. The fraction of sp³-hybridized carbons (Fsp3) is 0.700. The molecule has 0 bridgehead atoms. The number of nitrogens with one attached hydrogen (secondary N) is 1. The van der Waals surface area contributed by atoms with Gasteiger partial charge in [0.1, 0.15) is 0 Å². The van der Waals surface area contributed by atoms with Crippen LogP contribution in [0.25, 0.3) is 0 Å². The molecule has 2 atom stereocenters. The zero-order valence-corrected chi connectivity index (χ0v) is 9.32. The minimum Gasteiger partial charge on any atom is -0.458 e. The molecule has 1 heterocycles. The number of rotatable bonds is 2. The van der Waals surface area contributed by atoms with Crippen molar-refractivity contribution < 1.29 is 23.9 Å². The Balaban J connectivity index is 2.45. The van der Waals surface area contributed by atoms with Crippen LogP contribution >= 0.6 is 0 Å². The molecular weight excluding hydrogens is 214 g/mol. The average molecular weight is 229 g/mol. The lowest BCUT2D eigenvalue weighted by Crippen LogP contribution is -2.33. The summed E-state index contributed by atoms with van der Waals surface area (Å²) in [6.07, 6.45) is 0.607. The molecule has 1 fully saturated rings. The molecule has 0 spiro atoms. The molecule has 0 aromatic carbocycles. The molecule has 0 amide bonds. The molecule has 0 aromatic heterocycles. The van der Waals surface area contributed by atoms with Crippen molar-refractivity contribution >= 4 is 17.9 Å². The van der Waals surface area contributed by atoms with Crippen LogP contribution in [0.3, 0.4) is 0 Å². The van der Waals surface area contributed by atoms with Crippen LogP contribution in [0.15, 0.2) is 0 Å². The summed E-state index contributed by atoms with van der Waals surface area (Å²) < 4.78 is 8.84. The van der Waals surface area contributed by atoms with E-state index in [9.17, 15) is 14.4 Å². The lowest BCUT2D eigenvalue weighted by Gasteiger charge is -2.12. The van der Waals surface area contributed by atoms with Crippen LogP contribution in [0, 0.1) is 5.92 Å². The van der Waals surface area contributed by atoms with Gasteiger partial charge in [-0.1, -0.05) is 0 Å². The molecule has 0 saturated carbocycles. The normalized spacial score (nSPS) is 23.9. The van der Waals surface area contributed by atoms with Crippen LogP contribution in [-0.2, 0) is 23.9 Å². The summed E-state index contributed by atoms with van der Waals surface area (Å²) in [6, 6.07) is -0.0394. The van der Waals surface area contributed by atoms with Crippen molar-refractivity contribution in [2.24, 2.45) is 5.92 Å². The van der Waals surface area contributed by atoms with Gasteiger partial charge in [0.15, 0.2) is 0 Å². The fourth-order valence-electron chi connectivity index (χ4n) is 1.58. The quantitative estimate of drug-likeness (QED) is 0.395. The van der Waals surface area contributed by atoms with E-state index in [-0.39, 0.29) is 18.6 Å². The lowest BCUT2D eigenvalue weighted by atomic mass is 10.0. The van der Waals surface area contributed by atoms with Gasteiger partial charge in [-0.3, -0.25) is 4.79 Å².